The van der Waals surface area contributed by atoms with Crippen molar-refractivity contribution in [2.24, 2.45) is 11.7 Å². The minimum atomic E-state index is -0.408. The Morgan fingerprint density at radius 3 is 2.53 bits per heavy atom. The molecule has 0 aromatic rings. The van der Waals surface area contributed by atoms with E-state index in [9.17, 15) is 9.90 Å². The van der Waals surface area contributed by atoms with Crippen molar-refractivity contribution in [2.75, 3.05) is 13.1 Å². The number of nitrogens with two attached hydrogens (primary N) is 1. The first-order valence-electron chi connectivity index (χ1n) is 5.82. The van der Waals surface area contributed by atoms with Gasteiger partial charge in [0.1, 0.15) is 0 Å². The van der Waals surface area contributed by atoms with E-state index in [1.807, 2.05) is 0 Å². The molecule has 3 N–H and O–H groups in total. The number of aliphatic hydroxyl groups is 1. The molecule has 0 aromatic heterocycles. The molecule has 1 rings (SSSR count). The summed E-state index contributed by atoms with van der Waals surface area (Å²) in [6, 6.07) is -0.348. The van der Waals surface area contributed by atoms with Gasteiger partial charge in [0, 0.05) is 13.1 Å². The predicted octanol–water partition coefficient (Wildman–Crippen LogP) is 0.343. The number of carbonyl (C=O) groups is 1. The lowest BCUT2D eigenvalue weighted by atomic mass is 9.96. The maximum atomic E-state index is 11.5. The largest absolute Gasteiger partial charge is 0.391 e. The first-order chi connectivity index (χ1) is 7.10. The van der Waals surface area contributed by atoms with Gasteiger partial charge in [-0.2, -0.15) is 0 Å². The number of carbonyl (C=O) groups excluding carboxylic acids is 1. The number of hydrogen-bond donors (Lipinski definition) is 2. The van der Waals surface area contributed by atoms with E-state index in [0.717, 1.165) is 12.8 Å². The van der Waals surface area contributed by atoms with Gasteiger partial charge in [-0.15, -0.1) is 0 Å². The Hall–Kier alpha value is -0.610. The van der Waals surface area contributed by atoms with Crippen LogP contribution in [0.3, 0.4) is 0 Å². The molecule has 0 radical (unpaired) electrons. The molecule has 4 heteroatoms. The van der Waals surface area contributed by atoms with Crippen LogP contribution in [0.5, 0.6) is 0 Å². The molecule has 2 unspecified atom stereocenters. The fraction of sp³-hybridized carbons (Fsp3) is 0.909. The van der Waals surface area contributed by atoms with Crippen LogP contribution in [-0.2, 0) is 4.79 Å². The summed E-state index contributed by atoms with van der Waals surface area (Å²) < 4.78 is 0. The molecule has 0 bridgehead atoms. The predicted molar refractivity (Wildman–Crippen MR) is 59.3 cm³/mol. The Bertz CT molecular complexity index is 217. The number of β-amino-alcohol motifs (C(OH)–C–C–N with tert-alkyl or cyclic N) is 1. The molecular formula is C11H22N2O2. The summed E-state index contributed by atoms with van der Waals surface area (Å²) in [6.45, 7) is 5.26. The molecule has 1 saturated heterocycles. The molecule has 4 nitrogen and oxygen atoms in total. The van der Waals surface area contributed by atoms with Crippen LogP contribution in [0.4, 0.5) is 0 Å². The second-order valence-corrected chi connectivity index (χ2v) is 4.32. The summed E-state index contributed by atoms with van der Waals surface area (Å²) in [7, 11) is 0. The molecule has 0 saturated carbocycles. The Morgan fingerprint density at radius 2 is 2.13 bits per heavy atom. The molecule has 15 heavy (non-hydrogen) atoms. The minimum absolute atomic E-state index is 0.0139. The fourth-order valence-corrected chi connectivity index (χ4v) is 2.15. The standard InChI is InChI=1S/C11H22N2O2/c1-3-8(4-2)10(14)7-13-6-5-9(12)11(13)15/h8-10,14H,3-7,12H2,1-2H3. The van der Waals surface area contributed by atoms with Gasteiger partial charge in [-0.3, -0.25) is 4.79 Å². The van der Waals surface area contributed by atoms with Crippen molar-refractivity contribution in [1.82, 2.24) is 4.90 Å². The Balaban J connectivity index is 2.44. The van der Waals surface area contributed by atoms with Crippen LogP contribution in [-0.4, -0.2) is 41.1 Å². The van der Waals surface area contributed by atoms with Gasteiger partial charge < -0.3 is 15.7 Å². The maximum Gasteiger partial charge on any atom is 0.239 e. The van der Waals surface area contributed by atoms with E-state index in [1.54, 1.807) is 4.90 Å². The lowest BCUT2D eigenvalue weighted by Crippen LogP contribution is -2.40. The first kappa shape index (κ1) is 12.5. The molecule has 0 aliphatic carbocycles. The summed E-state index contributed by atoms with van der Waals surface area (Å²) in [4.78, 5) is 13.2. The van der Waals surface area contributed by atoms with Crippen LogP contribution in [0, 0.1) is 5.92 Å². The van der Waals surface area contributed by atoms with Crippen LogP contribution in [0.2, 0.25) is 0 Å². The smallest absolute Gasteiger partial charge is 0.239 e. The highest BCUT2D eigenvalue weighted by Crippen LogP contribution is 2.17. The van der Waals surface area contributed by atoms with E-state index < -0.39 is 6.10 Å². The topological polar surface area (TPSA) is 66.6 Å². The number of amides is 1. The van der Waals surface area contributed by atoms with Gasteiger partial charge in [0.25, 0.3) is 0 Å². The van der Waals surface area contributed by atoms with Gasteiger partial charge in [-0.25, -0.2) is 0 Å². The molecule has 1 fully saturated rings. The summed E-state index contributed by atoms with van der Waals surface area (Å²) in [5.74, 6) is 0.273. The van der Waals surface area contributed by atoms with Crippen LogP contribution < -0.4 is 5.73 Å². The summed E-state index contributed by atoms with van der Waals surface area (Å²) in [6.07, 6.45) is 2.21. The Morgan fingerprint density at radius 1 is 1.53 bits per heavy atom. The quantitative estimate of drug-likeness (QED) is 0.693. The number of hydrogen-bond acceptors (Lipinski definition) is 3. The number of likely N-dealkylation sites (tertiary alicyclic amines) is 1. The van der Waals surface area contributed by atoms with Gasteiger partial charge in [0.05, 0.1) is 12.1 Å². The first-order valence-corrected chi connectivity index (χ1v) is 5.82. The highest BCUT2D eigenvalue weighted by atomic mass is 16.3. The second kappa shape index (κ2) is 5.47. The molecule has 0 aromatic carbocycles. The van der Waals surface area contributed by atoms with E-state index >= 15 is 0 Å². The molecule has 1 amide bonds. The summed E-state index contributed by atoms with van der Waals surface area (Å²) in [5.41, 5.74) is 5.61. The van der Waals surface area contributed by atoms with Crippen LogP contribution in [0.1, 0.15) is 33.1 Å². The SMILES string of the molecule is CCC(CC)C(O)CN1CCC(N)C1=O. The van der Waals surface area contributed by atoms with Crippen molar-refractivity contribution < 1.29 is 9.90 Å². The van der Waals surface area contributed by atoms with Gasteiger partial charge in [0.2, 0.25) is 5.91 Å². The lowest BCUT2D eigenvalue weighted by molar-refractivity contribution is -0.130. The average Bonchev–Trinajstić information content (AvgIpc) is 2.52. The van der Waals surface area contributed by atoms with Crippen molar-refractivity contribution in [3.63, 3.8) is 0 Å². The van der Waals surface area contributed by atoms with E-state index in [2.05, 4.69) is 13.8 Å². The van der Waals surface area contributed by atoms with Crippen LogP contribution >= 0.6 is 0 Å². The normalized spacial score (nSPS) is 23.9. The minimum Gasteiger partial charge on any atom is -0.391 e. The molecule has 1 heterocycles. The molecular weight excluding hydrogens is 192 g/mol. The van der Waals surface area contributed by atoms with Crippen molar-refractivity contribution in [3.8, 4) is 0 Å². The zero-order valence-electron chi connectivity index (χ0n) is 9.65. The van der Waals surface area contributed by atoms with E-state index in [0.29, 0.717) is 19.5 Å². The number of nitrogens with zero attached hydrogens (tertiary/aromatic N) is 1. The highest BCUT2D eigenvalue weighted by Gasteiger charge is 2.30. The zero-order valence-corrected chi connectivity index (χ0v) is 9.65. The van der Waals surface area contributed by atoms with Crippen LogP contribution in [0.25, 0.3) is 0 Å². The number of rotatable bonds is 5. The molecule has 2 atom stereocenters. The van der Waals surface area contributed by atoms with Crippen molar-refractivity contribution in [1.29, 1.82) is 0 Å². The number of aliphatic hydroxyl groups excluding tert-OH is 1. The Kier molecular flexibility index (Phi) is 4.54. The monoisotopic (exact) mass is 214 g/mol. The van der Waals surface area contributed by atoms with Crippen molar-refractivity contribution in [3.05, 3.63) is 0 Å². The average molecular weight is 214 g/mol. The third-order valence-electron chi connectivity index (χ3n) is 3.34. The van der Waals surface area contributed by atoms with Gasteiger partial charge >= 0.3 is 0 Å². The van der Waals surface area contributed by atoms with Crippen molar-refractivity contribution >= 4 is 5.91 Å². The van der Waals surface area contributed by atoms with Gasteiger partial charge in [0.15, 0.2) is 0 Å². The van der Waals surface area contributed by atoms with Gasteiger partial charge in [-0.1, -0.05) is 26.7 Å². The maximum absolute atomic E-state index is 11.5. The summed E-state index contributed by atoms with van der Waals surface area (Å²) >= 11 is 0. The second-order valence-electron chi connectivity index (χ2n) is 4.32. The van der Waals surface area contributed by atoms with E-state index in [1.165, 1.54) is 0 Å². The highest BCUT2D eigenvalue weighted by molar-refractivity contribution is 5.83. The van der Waals surface area contributed by atoms with Crippen molar-refractivity contribution in [2.45, 2.75) is 45.3 Å². The Labute approximate surface area is 91.4 Å². The lowest BCUT2D eigenvalue weighted by Gasteiger charge is -2.25. The third-order valence-corrected chi connectivity index (χ3v) is 3.34. The van der Waals surface area contributed by atoms with E-state index in [4.69, 9.17) is 5.73 Å². The third kappa shape index (κ3) is 2.92. The molecule has 88 valence electrons. The van der Waals surface area contributed by atoms with E-state index in [-0.39, 0.29) is 17.9 Å². The van der Waals surface area contributed by atoms with Crippen LogP contribution in [0.15, 0.2) is 0 Å². The zero-order chi connectivity index (χ0) is 11.4. The molecule has 1 aliphatic rings. The molecule has 1 aliphatic heterocycles. The fourth-order valence-electron chi connectivity index (χ4n) is 2.15. The summed E-state index contributed by atoms with van der Waals surface area (Å²) in [5, 5.41) is 9.94. The van der Waals surface area contributed by atoms with Gasteiger partial charge in [-0.05, 0) is 12.3 Å². The molecule has 0 spiro atoms.